The fraction of sp³-hybridized carbons (Fsp3) is 0.571. The summed E-state index contributed by atoms with van der Waals surface area (Å²) < 4.78 is 0.734. The van der Waals surface area contributed by atoms with E-state index in [-0.39, 0.29) is 0 Å². The van der Waals surface area contributed by atoms with Crippen molar-refractivity contribution >= 4 is 16.9 Å². The van der Waals surface area contributed by atoms with Crippen LogP contribution in [0.4, 0.5) is 0 Å². The van der Waals surface area contributed by atoms with Crippen LogP contribution in [-0.2, 0) is 0 Å². The van der Waals surface area contributed by atoms with E-state index in [0.29, 0.717) is 5.29 Å². The van der Waals surface area contributed by atoms with E-state index in [4.69, 9.17) is 11.6 Å². The first-order valence-electron chi connectivity index (χ1n) is 3.42. The highest BCUT2D eigenvalue weighted by molar-refractivity contribution is 6.62. The second-order valence-electron chi connectivity index (χ2n) is 2.68. The van der Waals surface area contributed by atoms with Gasteiger partial charge in [0, 0.05) is 17.8 Å². The van der Waals surface area contributed by atoms with Gasteiger partial charge in [-0.15, -0.1) is 0 Å². The second-order valence-corrected chi connectivity index (χ2v) is 3.02. The van der Waals surface area contributed by atoms with Gasteiger partial charge >= 0.3 is 0 Å². The normalized spacial score (nSPS) is 32.1. The van der Waals surface area contributed by atoms with Gasteiger partial charge in [-0.3, -0.25) is 4.48 Å². The SMILES string of the molecule is CC[N+]1(C)CC=CN=C1Cl. The van der Waals surface area contributed by atoms with Crippen molar-refractivity contribution < 1.29 is 4.48 Å². The minimum atomic E-state index is 0.685. The molecule has 0 fully saturated rings. The lowest BCUT2D eigenvalue weighted by atomic mass is 10.4. The number of aliphatic imine (C=N–C) groups is 1. The van der Waals surface area contributed by atoms with Crippen molar-refractivity contribution in [2.75, 3.05) is 20.1 Å². The monoisotopic (exact) mass is 159 g/mol. The fourth-order valence-electron chi connectivity index (χ4n) is 0.868. The van der Waals surface area contributed by atoms with E-state index in [0.717, 1.165) is 17.6 Å². The Bertz CT molecular complexity index is 186. The van der Waals surface area contributed by atoms with Crippen molar-refractivity contribution in [1.82, 2.24) is 0 Å². The third-order valence-corrected chi connectivity index (χ3v) is 2.44. The third kappa shape index (κ3) is 1.22. The van der Waals surface area contributed by atoms with Gasteiger partial charge in [0.15, 0.2) is 0 Å². The van der Waals surface area contributed by atoms with Crippen molar-refractivity contribution in [2.24, 2.45) is 4.99 Å². The summed E-state index contributed by atoms with van der Waals surface area (Å²) in [6.07, 6.45) is 3.80. The van der Waals surface area contributed by atoms with Crippen LogP contribution in [0.15, 0.2) is 17.3 Å². The van der Waals surface area contributed by atoms with Gasteiger partial charge in [-0.2, -0.15) is 4.99 Å². The Hall–Kier alpha value is -0.340. The van der Waals surface area contributed by atoms with Gasteiger partial charge in [0.25, 0.3) is 5.29 Å². The molecule has 1 unspecified atom stereocenters. The molecule has 0 aromatic carbocycles. The fourth-order valence-corrected chi connectivity index (χ4v) is 1.11. The standard InChI is InChI=1S/C7H12ClN2/c1-3-10(2)6-4-5-9-7(10)8/h4-5H,3,6H2,1-2H3/q+1. The van der Waals surface area contributed by atoms with Crippen LogP contribution in [0.25, 0.3) is 0 Å². The van der Waals surface area contributed by atoms with E-state index in [1.165, 1.54) is 0 Å². The first kappa shape index (κ1) is 7.76. The third-order valence-electron chi connectivity index (χ3n) is 1.94. The Morgan fingerprint density at radius 2 is 2.50 bits per heavy atom. The Kier molecular flexibility index (Phi) is 2.11. The minimum absolute atomic E-state index is 0.685. The molecule has 0 bridgehead atoms. The molecule has 0 spiro atoms. The maximum absolute atomic E-state index is 5.89. The van der Waals surface area contributed by atoms with Gasteiger partial charge in [-0.1, -0.05) is 0 Å². The Morgan fingerprint density at radius 3 is 2.90 bits per heavy atom. The Balaban J connectivity index is 2.81. The zero-order valence-electron chi connectivity index (χ0n) is 6.34. The zero-order valence-corrected chi connectivity index (χ0v) is 7.10. The number of hydrogen-bond donors (Lipinski definition) is 0. The molecule has 2 nitrogen and oxygen atoms in total. The number of hydrogen-bond acceptors (Lipinski definition) is 1. The highest BCUT2D eigenvalue weighted by atomic mass is 35.5. The average molecular weight is 160 g/mol. The Labute approximate surface area is 66.4 Å². The molecule has 0 radical (unpaired) electrons. The minimum Gasteiger partial charge on any atom is -0.263 e. The average Bonchev–Trinajstić information content (AvgIpc) is 1.96. The summed E-state index contributed by atoms with van der Waals surface area (Å²) in [5.41, 5.74) is 0. The smallest absolute Gasteiger partial charge is 0.263 e. The van der Waals surface area contributed by atoms with E-state index >= 15 is 0 Å². The largest absolute Gasteiger partial charge is 0.299 e. The van der Waals surface area contributed by atoms with Gasteiger partial charge in [0.05, 0.1) is 13.6 Å². The lowest BCUT2D eigenvalue weighted by Crippen LogP contribution is -2.47. The molecule has 10 heavy (non-hydrogen) atoms. The molecule has 0 aromatic rings. The summed E-state index contributed by atoms with van der Waals surface area (Å²) >= 11 is 5.89. The molecule has 0 saturated carbocycles. The number of likely N-dealkylation sites (N-methyl/N-ethyl adjacent to an activating group) is 1. The molecule has 0 aliphatic carbocycles. The first-order valence-corrected chi connectivity index (χ1v) is 3.80. The summed E-state index contributed by atoms with van der Waals surface area (Å²) in [5, 5.41) is 0.685. The predicted molar refractivity (Wildman–Crippen MR) is 44.0 cm³/mol. The van der Waals surface area contributed by atoms with E-state index in [9.17, 15) is 0 Å². The number of nitrogens with zero attached hydrogens (tertiary/aromatic N) is 2. The molecule has 1 aliphatic rings. The first-order chi connectivity index (χ1) is 4.69. The molecule has 0 amide bonds. The molecular formula is C7H12ClN2+. The number of rotatable bonds is 1. The van der Waals surface area contributed by atoms with E-state index in [1.807, 2.05) is 6.08 Å². The molecule has 0 saturated heterocycles. The highest BCUT2D eigenvalue weighted by Gasteiger charge is 2.25. The van der Waals surface area contributed by atoms with Crippen molar-refractivity contribution in [3.8, 4) is 0 Å². The summed E-state index contributed by atoms with van der Waals surface area (Å²) in [6, 6.07) is 0. The lowest BCUT2D eigenvalue weighted by molar-refractivity contribution is -0.810. The van der Waals surface area contributed by atoms with Crippen LogP contribution in [0.3, 0.4) is 0 Å². The Morgan fingerprint density at radius 1 is 1.80 bits per heavy atom. The maximum atomic E-state index is 5.89. The van der Waals surface area contributed by atoms with Crippen LogP contribution in [0.5, 0.6) is 0 Å². The van der Waals surface area contributed by atoms with Crippen LogP contribution >= 0.6 is 11.6 Å². The summed E-state index contributed by atoms with van der Waals surface area (Å²) in [5.74, 6) is 0. The van der Waals surface area contributed by atoms with Gasteiger partial charge in [-0.05, 0) is 13.0 Å². The van der Waals surface area contributed by atoms with Gasteiger partial charge in [0.1, 0.15) is 6.54 Å². The van der Waals surface area contributed by atoms with E-state index in [1.54, 1.807) is 6.20 Å². The van der Waals surface area contributed by atoms with Gasteiger partial charge in [0.2, 0.25) is 0 Å². The number of quaternary nitrogens is 1. The summed E-state index contributed by atoms with van der Waals surface area (Å²) in [7, 11) is 2.08. The quantitative estimate of drug-likeness (QED) is 0.407. The van der Waals surface area contributed by atoms with Crippen molar-refractivity contribution in [3.63, 3.8) is 0 Å². The highest BCUT2D eigenvalue weighted by Crippen LogP contribution is 2.12. The lowest BCUT2D eigenvalue weighted by Gasteiger charge is -2.30. The zero-order chi connectivity index (χ0) is 7.61. The van der Waals surface area contributed by atoms with Gasteiger partial charge in [-0.25, -0.2) is 0 Å². The molecule has 1 aliphatic heterocycles. The second kappa shape index (κ2) is 2.72. The molecule has 0 aromatic heterocycles. The van der Waals surface area contributed by atoms with Crippen LogP contribution in [0, 0.1) is 0 Å². The van der Waals surface area contributed by atoms with Crippen LogP contribution in [0.2, 0.25) is 0 Å². The van der Waals surface area contributed by atoms with Crippen molar-refractivity contribution in [1.29, 1.82) is 0 Å². The molecule has 3 heteroatoms. The van der Waals surface area contributed by atoms with Crippen LogP contribution in [0.1, 0.15) is 6.92 Å². The maximum Gasteiger partial charge on any atom is 0.299 e. The van der Waals surface area contributed by atoms with Gasteiger partial charge < -0.3 is 0 Å². The van der Waals surface area contributed by atoms with Crippen molar-refractivity contribution in [2.45, 2.75) is 6.92 Å². The summed E-state index contributed by atoms with van der Waals surface area (Å²) in [6.45, 7) is 4.06. The molecule has 1 heterocycles. The van der Waals surface area contributed by atoms with E-state index in [2.05, 4.69) is 19.0 Å². The number of amidine groups is 1. The summed E-state index contributed by atoms with van der Waals surface area (Å²) in [4.78, 5) is 4.03. The molecule has 0 N–H and O–H groups in total. The van der Waals surface area contributed by atoms with Crippen LogP contribution < -0.4 is 0 Å². The number of halogens is 1. The van der Waals surface area contributed by atoms with E-state index < -0.39 is 0 Å². The molecular weight excluding hydrogens is 148 g/mol. The molecule has 1 rings (SSSR count). The topological polar surface area (TPSA) is 12.4 Å². The molecule has 1 atom stereocenters. The molecule has 56 valence electrons. The van der Waals surface area contributed by atoms with Crippen LogP contribution in [-0.4, -0.2) is 29.9 Å². The predicted octanol–water partition coefficient (Wildman–Crippen LogP) is 1.57. The van der Waals surface area contributed by atoms with Crippen molar-refractivity contribution in [3.05, 3.63) is 12.3 Å².